The highest BCUT2D eigenvalue weighted by Crippen LogP contribution is 2.44. The smallest absolute Gasteiger partial charge is 0.255 e. The molecule has 1 aliphatic carbocycles. The number of ether oxygens (including phenoxy) is 1. The molecule has 1 fully saturated rings. The summed E-state index contributed by atoms with van der Waals surface area (Å²) in [6.45, 7) is 0. The lowest BCUT2D eigenvalue weighted by atomic mass is 10.0. The topological polar surface area (TPSA) is 38.3 Å². The first-order valence-electron chi connectivity index (χ1n) is 6.93. The fourth-order valence-electron chi connectivity index (χ4n) is 2.35. The van der Waals surface area contributed by atoms with E-state index in [-0.39, 0.29) is 5.91 Å². The molecular weight excluding hydrogens is 286 g/mol. The van der Waals surface area contributed by atoms with Gasteiger partial charge >= 0.3 is 0 Å². The van der Waals surface area contributed by atoms with Crippen LogP contribution in [0, 0.1) is 0 Å². The molecule has 0 aromatic heterocycles. The first kappa shape index (κ1) is 14.0. The second-order valence-electron chi connectivity index (χ2n) is 5.16. The number of methoxy groups -OCH3 is 1. The molecule has 0 radical (unpaired) electrons. The molecule has 3 rings (SSSR count). The lowest BCUT2D eigenvalue weighted by Crippen LogP contribution is -2.12. The number of para-hydroxylation sites is 1. The fraction of sp³-hybridized carbons (Fsp3) is 0.235. The lowest BCUT2D eigenvalue weighted by Gasteiger charge is -2.11. The molecule has 0 bridgehead atoms. The number of carbonyl (C=O) groups is 1. The van der Waals surface area contributed by atoms with Crippen molar-refractivity contribution in [2.75, 3.05) is 12.4 Å². The molecule has 0 saturated heterocycles. The molecule has 1 N–H and O–H groups in total. The number of halogens is 1. The zero-order valence-corrected chi connectivity index (χ0v) is 12.5. The van der Waals surface area contributed by atoms with Crippen LogP contribution in [0.5, 0.6) is 5.75 Å². The van der Waals surface area contributed by atoms with Crippen molar-refractivity contribution in [2.45, 2.75) is 18.8 Å². The molecule has 0 heterocycles. The summed E-state index contributed by atoms with van der Waals surface area (Å²) in [5.74, 6) is 1.22. The molecule has 1 aliphatic rings. The van der Waals surface area contributed by atoms with E-state index in [9.17, 15) is 4.79 Å². The van der Waals surface area contributed by atoms with E-state index in [1.54, 1.807) is 25.3 Å². The largest absolute Gasteiger partial charge is 0.496 e. The quantitative estimate of drug-likeness (QED) is 0.904. The van der Waals surface area contributed by atoms with E-state index in [1.165, 1.54) is 0 Å². The van der Waals surface area contributed by atoms with Gasteiger partial charge in [0.2, 0.25) is 0 Å². The zero-order chi connectivity index (χ0) is 14.8. The summed E-state index contributed by atoms with van der Waals surface area (Å²) in [5, 5.41) is 3.37. The second kappa shape index (κ2) is 5.78. The van der Waals surface area contributed by atoms with Gasteiger partial charge in [-0.1, -0.05) is 23.7 Å². The van der Waals surface area contributed by atoms with Crippen molar-refractivity contribution in [3.63, 3.8) is 0 Å². The van der Waals surface area contributed by atoms with Crippen LogP contribution < -0.4 is 10.1 Å². The van der Waals surface area contributed by atoms with Crippen molar-refractivity contribution < 1.29 is 9.53 Å². The van der Waals surface area contributed by atoms with E-state index in [1.807, 2.05) is 24.3 Å². The third kappa shape index (κ3) is 3.03. The Kier molecular flexibility index (Phi) is 3.84. The first-order valence-corrected chi connectivity index (χ1v) is 7.30. The third-order valence-corrected chi connectivity index (χ3v) is 3.96. The molecule has 0 atom stereocenters. The Balaban J connectivity index is 1.85. The summed E-state index contributed by atoms with van der Waals surface area (Å²) >= 11 is 6.06. The molecule has 2 aromatic rings. The van der Waals surface area contributed by atoms with E-state index < -0.39 is 0 Å². The molecule has 1 amide bonds. The van der Waals surface area contributed by atoms with Gasteiger partial charge in [0, 0.05) is 5.56 Å². The molecule has 0 unspecified atom stereocenters. The van der Waals surface area contributed by atoms with E-state index >= 15 is 0 Å². The van der Waals surface area contributed by atoms with Crippen molar-refractivity contribution in [3.8, 4) is 5.75 Å². The summed E-state index contributed by atoms with van der Waals surface area (Å²) in [7, 11) is 1.66. The van der Waals surface area contributed by atoms with Crippen molar-refractivity contribution in [3.05, 3.63) is 58.6 Å². The van der Waals surface area contributed by atoms with Gasteiger partial charge in [-0.2, -0.15) is 0 Å². The summed E-state index contributed by atoms with van der Waals surface area (Å²) in [6.07, 6.45) is 2.32. The van der Waals surface area contributed by atoms with Crippen LogP contribution in [0.1, 0.15) is 34.7 Å². The number of hydrogen-bond donors (Lipinski definition) is 1. The van der Waals surface area contributed by atoms with Crippen LogP contribution in [0.2, 0.25) is 5.02 Å². The Morgan fingerprint density at radius 1 is 1.24 bits per heavy atom. The molecule has 4 heteroatoms. The van der Waals surface area contributed by atoms with Crippen molar-refractivity contribution in [2.24, 2.45) is 0 Å². The number of benzene rings is 2. The second-order valence-corrected chi connectivity index (χ2v) is 5.57. The van der Waals surface area contributed by atoms with Gasteiger partial charge in [0.25, 0.3) is 5.91 Å². The van der Waals surface area contributed by atoms with E-state index in [0.29, 0.717) is 22.2 Å². The maximum atomic E-state index is 12.4. The predicted octanol–water partition coefficient (Wildman–Crippen LogP) is 4.48. The molecule has 2 aromatic carbocycles. The van der Waals surface area contributed by atoms with Gasteiger partial charge in [0.15, 0.2) is 0 Å². The average Bonchev–Trinajstić information content (AvgIpc) is 3.33. The Bertz CT molecular complexity index is 680. The number of amides is 1. The van der Waals surface area contributed by atoms with Crippen LogP contribution in [-0.2, 0) is 0 Å². The monoisotopic (exact) mass is 301 g/mol. The summed E-state index contributed by atoms with van der Waals surface area (Å²) in [6, 6.07) is 12.8. The first-order chi connectivity index (χ1) is 10.2. The number of nitrogens with one attached hydrogen (secondary N) is 1. The van der Waals surface area contributed by atoms with E-state index in [4.69, 9.17) is 16.3 Å². The highest BCUT2D eigenvalue weighted by molar-refractivity contribution is 6.33. The van der Waals surface area contributed by atoms with Crippen LogP contribution in [0.3, 0.4) is 0 Å². The highest BCUT2D eigenvalue weighted by atomic mass is 35.5. The Morgan fingerprint density at radius 3 is 2.67 bits per heavy atom. The summed E-state index contributed by atoms with van der Waals surface area (Å²) in [5.41, 5.74) is 2.36. The van der Waals surface area contributed by atoms with Crippen molar-refractivity contribution in [1.82, 2.24) is 0 Å². The predicted molar refractivity (Wildman–Crippen MR) is 84.4 cm³/mol. The van der Waals surface area contributed by atoms with Crippen LogP contribution in [0.15, 0.2) is 42.5 Å². The minimum atomic E-state index is -0.160. The zero-order valence-electron chi connectivity index (χ0n) is 11.7. The summed E-state index contributed by atoms with van der Waals surface area (Å²) < 4.78 is 5.37. The van der Waals surface area contributed by atoms with Crippen molar-refractivity contribution in [1.29, 1.82) is 0 Å². The van der Waals surface area contributed by atoms with Gasteiger partial charge in [0.05, 0.1) is 17.8 Å². The van der Waals surface area contributed by atoms with Crippen LogP contribution in [0.25, 0.3) is 0 Å². The molecule has 108 valence electrons. The third-order valence-electron chi connectivity index (χ3n) is 3.63. The van der Waals surface area contributed by atoms with E-state index in [2.05, 4.69) is 5.32 Å². The Hall–Kier alpha value is -2.00. The van der Waals surface area contributed by atoms with Crippen molar-refractivity contribution >= 4 is 23.2 Å². The normalized spacial score (nSPS) is 13.8. The van der Waals surface area contributed by atoms with Crippen LogP contribution in [-0.4, -0.2) is 13.0 Å². The Labute approximate surface area is 128 Å². The standard InChI is InChI=1S/C17H16ClNO2/c1-21-16-9-8-12(10-13(16)11-6-7-11)17(20)19-15-5-3-2-4-14(15)18/h2-5,8-11H,6-7H2,1H3,(H,19,20). The molecule has 3 nitrogen and oxygen atoms in total. The molecular formula is C17H16ClNO2. The van der Waals surface area contributed by atoms with Crippen LogP contribution in [0.4, 0.5) is 5.69 Å². The van der Waals surface area contributed by atoms with Crippen LogP contribution >= 0.6 is 11.6 Å². The number of anilines is 1. The lowest BCUT2D eigenvalue weighted by molar-refractivity contribution is 0.102. The number of carbonyl (C=O) groups excluding carboxylic acids is 1. The number of hydrogen-bond acceptors (Lipinski definition) is 2. The molecule has 21 heavy (non-hydrogen) atoms. The van der Waals surface area contributed by atoms with Gasteiger partial charge in [-0.15, -0.1) is 0 Å². The van der Waals surface area contributed by atoms with Gasteiger partial charge < -0.3 is 10.1 Å². The average molecular weight is 302 g/mol. The minimum absolute atomic E-state index is 0.160. The molecule has 0 spiro atoms. The van der Waals surface area contributed by atoms with Gasteiger partial charge in [-0.3, -0.25) is 4.79 Å². The van der Waals surface area contributed by atoms with Gasteiger partial charge in [0.1, 0.15) is 5.75 Å². The van der Waals surface area contributed by atoms with Gasteiger partial charge in [-0.05, 0) is 54.7 Å². The maximum Gasteiger partial charge on any atom is 0.255 e. The molecule has 1 saturated carbocycles. The maximum absolute atomic E-state index is 12.4. The molecule has 0 aliphatic heterocycles. The highest BCUT2D eigenvalue weighted by Gasteiger charge is 2.27. The SMILES string of the molecule is COc1ccc(C(=O)Nc2ccccc2Cl)cc1C1CC1. The Morgan fingerprint density at radius 2 is 2.00 bits per heavy atom. The minimum Gasteiger partial charge on any atom is -0.496 e. The number of rotatable bonds is 4. The fourth-order valence-corrected chi connectivity index (χ4v) is 2.53. The van der Waals surface area contributed by atoms with Gasteiger partial charge in [-0.25, -0.2) is 0 Å². The van der Waals surface area contributed by atoms with E-state index in [0.717, 1.165) is 24.2 Å². The summed E-state index contributed by atoms with van der Waals surface area (Å²) in [4.78, 5) is 12.4.